The van der Waals surface area contributed by atoms with Crippen molar-refractivity contribution in [1.82, 2.24) is 4.98 Å². The summed E-state index contributed by atoms with van der Waals surface area (Å²) in [6.07, 6.45) is 1.68. The fourth-order valence-electron chi connectivity index (χ4n) is 1.61. The molecule has 84 valence electrons. The van der Waals surface area contributed by atoms with Gasteiger partial charge in [-0.15, -0.1) is 0 Å². The van der Waals surface area contributed by atoms with Crippen LogP contribution in [0.25, 0.3) is 0 Å². The predicted octanol–water partition coefficient (Wildman–Crippen LogP) is 3.01. The largest absolute Gasteiger partial charge is 0.432 e. The lowest BCUT2D eigenvalue weighted by Gasteiger charge is -2.18. The smallest absolute Gasteiger partial charge is 0.297 e. The highest BCUT2D eigenvalue weighted by atomic mass is 16.4. The first-order valence-corrected chi connectivity index (χ1v) is 5.50. The van der Waals surface area contributed by atoms with Gasteiger partial charge in [-0.25, -0.2) is 0 Å². The first kappa shape index (κ1) is 10.7. The highest BCUT2D eigenvalue weighted by Gasteiger charge is 2.10. The molecule has 0 spiro atoms. The Morgan fingerprint density at radius 3 is 2.56 bits per heavy atom. The molecule has 0 bridgehead atoms. The van der Waals surface area contributed by atoms with Crippen LogP contribution in [0.3, 0.4) is 0 Å². The summed E-state index contributed by atoms with van der Waals surface area (Å²) in [6.45, 7) is 5.75. The van der Waals surface area contributed by atoms with E-state index in [9.17, 15) is 0 Å². The Morgan fingerprint density at radius 2 is 2.00 bits per heavy atom. The number of aryl methyl sites for hydroxylation is 1. The lowest BCUT2D eigenvalue weighted by molar-refractivity contribution is 0.534. The molecule has 2 rings (SSSR count). The minimum atomic E-state index is 0.698. The van der Waals surface area contributed by atoms with E-state index < -0.39 is 0 Å². The minimum Gasteiger partial charge on any atom is -0.432 e. The van der Waals surface area contributed by atoms with Crippen LogP contribution < -0.4 is 4.90 Å². The van der Waals surface area contributed by atoms with E-state index in [0.717, 1.165) is 18.8 Å². The molecule has 0 radical (unpaired) electrons. The second kappa shape index (κ2) is 4.84. The van der Waals surface area contributed by atoms with Crippen LogP contribution in [0.4, 0.5) is 6.01 Å². The Labute approximate surface area is 95.7 Å². The quantitative estimate of drug-likeness (QED) is 0.786. The van der Waals surface area contributed by atoms with Crippen molar-refractivity contribution in [2.45, 2.75) is 20.4 Å². The normalized spacial score (nSPS) is 10.4. The third kappa shape index (κ3) is 2.42. The monoisotopic (exact) mass is 216 g/mol. The van der Waals surface area contributed by atoms with Crippen molar-refractivity contribution in [3.8, 4) is 0 Å². The fraction of sp³-hybridized carbons (Fsp3) is 0.308. The highest BCUT2D eigenvalue weighted by Crippen LogP contribution is 2.15. The average molecular weight is 216 g/mol. The Morgan fingerprint density at radius 1 is 1.25 bits per heavy atom. The van der Waals surface area contributed by atoms with Crippen molar-refractivity contribution in [1.29, 1.82) is 0 Å². The topological polar surface area (TPSA) is 29.3 Å². The second-order valence-corrected chi connectivity index (χ2v) is 3.77. The molecule has 0 aliphatic rings. The van der Waals surface area contributed by atoms with Crippen LogP contribution in [-0.2, 0) is 6.54 Å². The molecule has 0 amide bonds. The van der Waals surface area contributed by atoms with Crippen LogP contribution in [-0.4, -0.2) is 11.5 Å². The van der Waals surface area contributed by atoms with E-state index in [1.54, 1.807) is 6.26 Å². The van der Waals surface area contributed by atoms with E-state index in [-0.39, 0.29) is 0 Å². The summed E-state index contributed by atoms with van der Waals surface area (Å²) in [5.41, 5.74) is 2.18. The molecule has 0 aliphatic carbocycles. The molecule has 2 aromatic rings. The summed E-state index contributed by atoms with van der Waals surface area (Å²) in [4.78, 5) is 6.45. The summed E-state index contributed by atoms with van der Waals surface area (Å²) >= 11 is 0. The molecule has 1 heterocycles. The lowest BCUT2D eigenvalue weighted by atomic mass is 10.2. The molecular weight excluding hydrogens is 200 g/mol. The molecule has 0 saturated heterocycles. The van der Waals surface area contributed by atoms with Gasteiger partial charge in [0.2, 0.25) is 0 Å². The summed E-state index contributed by atoms with van der Waals surface area (Å²) in [6, 6.07) is 11.0. The number of oxazole rings is 1. The Hall–Kier alpha value is -1.77. The molecule has 0 unspecified atom stereocenters. The number of hydrogen-bond acceptors (Lipinski definition) is 3. The van der Waals surface area contributed by atoms with Crippen molar-refractivity contribution in [2.75, 3.05) is 11.4 Å². The first-order chi connectivity index (χ1) is 7.79. The molecule has 16 heavy (non-hydrogen) atoms. The van der Waals surface area contributed by atoms with Gasteiger partial charge in [-0.2, -0.15) is 4.98 Å². The van der Waals surface area contributed by atoms with Crippen molar-refractivity contribution < 1.29 is 4.42 Å². The van der Waals surface area contributed by atoms with E-state index in [4.69, 9.17) is 4.42 Å². The average Bonchev–Trinajstić information content (AvgIpc) is 2.74. The maximum absolute atomic E-state index is 5.40. The Kier molecular flexibility index (Phi) is 3.25. The molecule has 0 aliphatic heterocycles. The van der Waals surface area contributed by atoms with E-state index in [2.05, 4.69) is 28.9 Å². The fourth-order valence-corrected chi connectivity index (χ4v) is 1.61. The van der Waals surface area contributed by atoms with Crippen LogP contribution in [0.5, 0.6) is 0 Å². The highest BCUT2D eigenvalue weighted by molar-refractivity contribution is 5.29. The first-order valence-electron chi connectivity index (χ1n) is 5.50. The third-order valence-corrected chi connectivity index (χ3v) is 2.48. The number of nitrogens with zero attached hydrogens (tertiary/aromatic N) is 2. The van der Waals surface area contributed by atoms with Gasteiger partial charge in [-0.1, -0.05) is 30.3 Å². The standard InChI is InChI=1S/C13H16N2O/c1-3-15(13-14-11(2)10-16-13)9-12-7-5-4-6-8-12/h4-8,10H,3,9H2,1-2H3. The van der Waals surface area contributed by atoms with Gasteiger partial charge < -0.3 is 9.32 Å². The van der Waals surface area contributed by atoms with Gasteiger partial charge in [0.1, 0.15) is 6.26 Å². The van der Waals surface area contributed by atoms with Gasteiger partial charge in [0, 0.05) is 13.1 Å². The molecule has 3 heteroatoms. The minimum absolute atomic E-state index is 0.698. The lowest BCUT2D eigenvalue weighted by Crippen LogP contribution is -2.22. The van der Waals surface area contributed by atoms with Gasteiger partial charge >= 0.3 is 0 Å². The number of hydrogen-bond donors (Lipinski definition) is 0. The number of rotatable bonds is 4. The maximum Gasteiger partial charge on any atom is 0.297 e. The van der Waals surface area contributed by atoms with Crippen LogP contribution >= 0.6 is 0 Å². The third-order valence-electron chi connectivity index (χ3n) is 2.48. The van der Waals surface area contributed by atoms with Crippen LogP contribution in [0.1, 0.15) is 18.2 Å². The van der Waals surface area contributed by atoms with Gasteiger partial charge in [0.25, 0.3) is 6.01 Å². The summed E-state index contributed by atoms with van der Waals surface area (Å²) < 4.78 is 5.40. The van der Waals surface area contributed by atoms with Gasteiger partial charge in [0.05, 0.1) is 5.69 Å². The van der Waals surface area contributed by atoms with Gasteiger partial charge in [0.15, 0.2) is 0 Å². The zero-order valence-electron chi connectivity index (χ0n) is 9.68. The van der Waals surface area contributed by atoms with E-state index >= 15 is 0 Å². The van der Waals surface area contributed by atoms with Crippen LogP contribution in [0, 0.1) is 6.92 Å². The second-order valence-electron chi connectivity index (χ2n) is 3.77. The number of anilines is 1. The zero-order valence-corrected chi connectivity index (χ0v) is 9.68. The zero-order chi connectivity index (χ0) is 11.4. The summed E-state index contributed by atoms with van der Waals surface area (Å²) in [5.74, 6) is 0. The Balaban J connectivity index is 2.12. The molecule has 1 aromatic heterocycles. The molecule has 3 nitrogen and oxygen atoms in total. The van der Waals surface area contributed by atoms with Crippen LogP contribution in [0.15, 0.2) is 41.0 Å². The van der Waals surface area contributed by atoms with E-state index in [0.29, 0.717) is 6.01 Å². The van der Waals surface area contributed by atoms with Crippen molar-refractivity contribution in [3.05, 3.63) is 47.9 Å². The molecule has 1 aromatic carbocycles. The van der Waals surface area contributed by atoms with Crippen molar-refractivity contribution in [2.24, 2.45) is 0 Å². The van der Waals surface area contributed by atoms with Crippen LogP contribution in [0.2, 0.25) is 0 Å². The summed E-state index contributed by atoms with van der Waals surface area (Å²) in [7, 11) is 0. The molecule has 0 atom stereocenters. The molecule has 0 saturated carbocycles. The maximum atomic E-state index is 5.40. The Bertz CT molecular complexity index is 436. The van der Waals surface area contributed by atoms with E-state index in [1.165, 1.54) is 5.56 Å². The van der Waals surface area contributed by atoms with Crippen molar-refractivity contribution in [3.63, 3.8) is 0 Å². The molecular formula is C13H16N2O. The van der Waals surface area contributed by atoms with Gasteiger partial charge in [-0.3, -0.25) is 0 Å². The number of aromatic nitrogens is 1. The van der Waals surface area contributed by atoms with Gasteiger partial charge in [-0.05, 0) is 19.4 Å². The molecule has 0 N–H and O–H groups in total. The SMILES string of the molecule is CCN(Cc1ccccc1)c1nc(C)co1. The summed E-state index contributed by atoms with van der Waals surface area (Å²) in [5, 5.41) is 0. The molecule has 0 fully saturated rings. The van der Waals surface area contributed by atoms with E-state index in [1.807, 2.05) is 25.1 Å². The number of benzene rings is 1. The van der Waals surface area contributed by atoms with Crippen molar-refractivity contribution >= 4 is 6.01 Å². The predicted molar refractivity (Wildman–Crippen MR) is 64.4 cm³/mol.